The van der Waals surface area contributed by atoms with Crippen LogP contribution in [0.3, 0.4) is 0 Å². The van der Waals surface area contributed by atoms with E-state index in [4.69, 9.17) is 6.42 Å². The number of amides is 1. The van der Waals surface area contributed by atoms with Gasteiger partial charge < -0.3 is 4.74 Å². The molecular formula is C9H10N2O3. The summed E-state index contributed by atoms with van der Waals surface area (Å²) in [6.45, 7) is 0.142. The van der Waals surface area contributed by atoms with E-state index in [2.05, 4.69) is 15.8 Å². The molecule has 0 aromatic carbocycles. The van der Waals surface area contributed by atoms with Crippen molar-refractivity contribution >= 4 is 17.6 Å². The van der Waals surface area contributed by atoms with Crippen molar-refractivity contribution in [3.05, 3.63) is 0 Å². The predicted molar refractivity (Wildman–Crippen MR) is 49.2 cm³/mol. The lowest BCUT2D eigenvalue weighted by Crippen LogP contribution is -2.20. The lowest BCUT2D eigenvalue weighted by molar-refractivity contribution is -0.139. The molecule has 0 bridgehead atoms. The molecule has 0 aromatic rings. The van der Waals surface area contributed by atoms with Crippen molar-refractivity contribution in [3.63, 3.8) is 0 Å². The SMILES string of the molecule is C#CCN1N=C(CC(=O)OC)CC1=O. The zero-order valence-corrected chi connectivity index (χ0v) is 7.82. The van der Waals surface area contributed by atoms with E-state index in [1.165, 1.54) is 12.1 Å². The average Bonchev–Trinajstić information content (AvgIpc) is 2.47. The molecule has 0 aliphatic carbocycles. The van der Waals surface area contributed by atoms with Crippen LogP contribution in [-0.4, -0.2) is 36.3 Å². The van der Waals surface area contributed by atoms with Gasteiger partial charge in [-0.15, -0.1) is 6.42 Å². The molecule has 1 rings (SSSR count). The molecular weight excluding hydrogens is 184 g/mol. The van der Waals surface area contributed by atoms with Crippen molar-refractivity contribution in [1.29, 1.82) is 0 Å². The Kier molecular flexibility index (Phi) is 3.24. The number of hydrogen-bond donors (Lipinski definition) is 0. The number of hydrazone groups is 1. The van der Waals surface area contributed by atoms with Gasteiger partial charge in [0.2, 0.25) is 5.91 Å². The number of rotatable bonds is 3. The maximum absolute atomic E-state index is 11.2. The first-order valence-electron chi connectivity index (χ1n) is 4.04. The molecule has 0 unspecified atom stereocenters. The molecule has 74 valence electrons. The molecule has 0 radical (unpaired) electrons. The second kappa shape index (κ2) is 4.42. The number of nitrogens with zero attached hydrogens (tertiary/aromatic N) is 2. The van der Waals surface area contributed by atoms with E-state index in [9.17, 15) is 9.59 Å². The quantitative estimate of drug-likeness (QED) is 0.460. The second-order valence-electron chi connectivity index (χ2n) is 2.75. The summed E-state index contributed by atoms with van der Waals surface area (Å²) in [7, 11) is 1.29. The van der Waals surface area contributed by atoms with E-state index in [0.717, 1.165) is 0 Å². The third-order valence-electron chi connectivity index (χ3n) is 1.72. The van der Waals surface area contributed by atoms with Gasteiger partial charge in [-0.25, -0.2) is 5.01 Å². The summed E-state index contributed by atoms with van der Waals surface area (Å²) in [4.78, 5) is 22.1. The van der Waals surface area contributed by atoms with E-state index in [1.807, 2.05) is 0 Å². The monoisotopic (exact) mass is 194 g/mol. The summed E-state index contributed by atoms with van der Waals surface area (Å²) >= 11 is 0. The van der Waals surface area contributed by atoms with E-state index in [1.54, 1.807) is 0 Å². The number of terminal acetylenes is 1. The second-order valence-corrected chi connectivity index (χ2v) is 2.75. The number of carbonyl (C=O) groups is 2. The fourth-order valence-corrected chi connectivity index (χ4v) is 1.07. The number of carbonyl (C=O) groups excluding carboxylic acids is 2. The van der Waals surface area contributed by atoms with Crippen LogP contribution in [-0.2, 0) is 14.3 Å². The highest BCUT2D eigenvalue weighted by molar-refractivity contribution is 6.10. The molecule has 0 atom stereocenters. The Bertz CT molecular complexity index is 327. The van der Waals surface area contributed by atoms with Crippen LogP contribution in [0.2, 0.25) is 0 Å². The Morgan fingerprint density at radius 3 is 3.07 bits per heavy atom. The third-order valence-corrected chi connectivity index (χ3v) is 1.72. The molecule has 1 aliphatic rings. The van der Waals surface area contributed by atoms with Gasteiger partial charge in [0, 0.05) is 0 Å². The average molecular weight is 194 g/mol. The molecule has 1 amide bonds. The Hall–Kier alpha value is -1.83. The number of methoxy groups -OCH3 is 1. The number of hydrogen-bond acceptors (Lipinski definition) is 4. The topological polar surface area (TPSA) is 59.0 Å². The molecule has 0 N–H and O–H groups in total. The molecule has 0 aromatic heterocycles. The standard InChI is InChI=1S/C9H10N2O3/c1-3-4-11-8(12)5-7(10-11)6-9(13)14-2/h1H,4-6H2,2H3. The summed E-state index contributed by atoms with van der Waals surface area (Å²) < 4.78 is 4.45. The summed E-state index contributed by atoms with van der Waals surface area (Å²) in [6.07, 6.45) is 5.23. The summed E-state index contributed by atoms with van der Waals surface area (Å²) in [5.74, 6) is 1.73. The van der Waals surface area contributed by atoms with E-state index in [-0.39, 0.29) is 25.3 Å². The van der Waals surface area contributed by atoms with Crippen molar-refractivity contribution in [1.82, 2.24) is 5.01 Å². The summed E-state index contributed by atoms with van der Waals surface area (Å²) in [5.41, 5.74) is 0.497. The molecule has 0 saturated carbocycles. The molecule has 1 aliphatic heterocycles. The molecule has 0 spiro atoms. The Morgan fingerprint density at radius 2 is 2.50 bits per heavy atom. The van der Waals surface area contributed by atoms with Crippen LogP contribution in [0, 0.1) is 12.3 Å². The minimum atomic E-state index is -0.404. The third kappa shape index (κ3) is 2.33. The van der Waals surface area contributed by atoms with Crippen LogP contribution in [0.1, 0.15) is 12.8 Å². The van der Waals surface area contributed by atoms with Gasteiger partial charge in [-0.3, -0.25) is 9.59 Å². The Balaban J connectivity index is 2.57. The first kappa shape index (κ1) is 10.3. The van der Waals surface area contributed by atoms with E-state index < -0.39 is 5.97 Å². The first-order valence-corrected chi connectivity index (χ1v) is 4.04. The fourth-order valence-electron chi connectivity index (χ4n) is 1.07. The van der Waals surface area contributed by atoms with Crippen molar-refractivity contribution in [2.24, 2.45) is 5.10 Å². The van der Waals surface area contributed by atoms with Gasteiger partial charge in [0.1, 0.15) is 6.54 Å². The zero-order valence-electron chi connectivity index (χ0n) is 7.82. The van der Waals surface area contributed by atoms with Crippen LogP contribution >= 0.6 is 0 Å². The van der Waals surface area contributed by atoms with Gasteiger partial charge in [-0.05, 0) is 0 Å². The van der Waals surface area contributed by atoms with Crippen LogP contribution in [0.5, 0.6) is 0 Å². The normalized spacial score (nSPS) is 15.0. The molecule has 0 saturated heterocycles. The Labute approximate surface area is 81.7 Å². The molecule has 14 heavy (non-hydrogen) atoms. The van der Waals surface area contributed by atoms with Gasteiger partial charge in [0.05, 0.1) is 25.7 Å². The van der Waals surface area contributed by atoms with Crippen molar-refractivity contribution < 1.29 is 14.3 Å². The molecule has 5 nitrogen and oxygen atoms in total. The predicted octanol–water partition coefficient (Wildman–Crippen LogP) is -0.229. The van der Waals surface area contributed by atoms with Gasteiger partial charge in [-0.2, -0.15) is 5.10 Å². The Morgan fingerprint density at radius 1 is 1.79 bits per heavy atom. The van der Waals surface area contributed by atoms with Crippen molar-refractivity contribution in [3.8, 4) is 12.3 Å². The molecule has 5 heteroatoms. The van der Waals surface area contributed by atoms with Gasteiger partial charge in [-0.1, -0.05) is 5.92 Å². The van der Waals surface area contributed by atoms with Crippen LogP contribution in [0.4, 0.5) is 0 Å². The van der Waals surface area contributed by atoms with Gasteiger partial charge in [0.15, 0.2) is 0 Å². The van der Waals surface area contributed by atoms with E-state index in [0.29, 0.717) is 5.71 Å². The first-order chi connectivity index (χ1) is 6.67. The minimum absolute atomic E-state index is 0.0450. The number of esters is 1. The minimum Gasteiger partial charge on any atom is -0.469 e. The summed E-state index contributed by atoms with van der Waals surface area (Å²) in [6, 6.07) is 0. The lowest BCUT2D eigenvalue weighted by atomic mass is 10.2. The highest BCUT2D eigenvalue weighted by Gasteiger charge is 2.24. The van der Waals surface area contributed by atoms with Crippen LogP contribution < -0.4 is 0 Å². The lowest BCUT2D eigenvalue weighted by Gasteiger charge is -2.04. The fraction of sp³-hybridized carbons (Fsp3) is 0.444. The smallest absolute Gasteiger partial charge is 0.311 e. The van der Waals surface area contributed by atoms with Gasteiger partial charge in [0.25, 0.3) is 0 Å². The maximum Gasteiger partial charge on any atom is 0.311 e. The van der Waals surface area contributed by atoms with Crippen molar-refractivity contribution in [2.75, 3.05) is 13.7 Å². The van der Waals surface area contributed by atoms with Crippen molar-refractivity contribution in [2.45, 2.75) is 12.8 Å². The molecule has 1 heterocycles. The zero-order chi connectivity index (χ0) is 10.6. The molecule has 0 fully saturated rings. The van der Waals surface area contributed by atoms with Crippen LogP contribution in [0.25, 0.3) is 0 Å². The highest BCUT2D eigenvalue weighted by Crippen LogP contribution is 2.10. The maximum atomic E-state index is 11.2. The highest BCUT2D eigenvalue weighted by atomic mass is 16.5. The van der Waals surface area contributed by atoms with E-state index >= 15 is 0 Å². The number of ether oxygens (including phenoxy) is 1. The van der Waals surface area contributed by atoms with Crippen LogP contribution in [0.15, 0.2) is 5.10 Å². The summed E-state index contributed by atoms with van der Waals surface area (Å²) in [5, 5.41) is 5.08. The van der Waals surface area contributed by atoms with Gasteiger partial charge >= 0.3 is 5.97 Å². The largest absolute Gasteiger partial charge is 0.469 e.